The van der Waals surface area contributed by atoms with E-state index in [1.54, 1.807) is 24.3 Å². The first-order chi connectivity index (χ1) is 22.5. The number of halogens is 1. The summed E-state index contributed by atoms with van der Waals surface area (Å²) in [5.74, 6) is -0.233. The lowest BCUT2D eigenvalue weighted by Crippen LogP contribution is -2.52. The lowest BCUT2D eigenvalue weighted by Gasteiger charge is -2.31. The molecule has 0 spiro atoms. The summed E-state index contributed by atoms with van der Waals surface area (Å²) >= 11 is 1.41. The Labute approximate surface area is 277 Å². The van der Waals surface area contributed by atoms with Crippen LogP contribution in [-0.4, -0.2) is 85.8 Å². The molecule has 14 heteroatoms. The maximum Gasteiger partial charge on any atom is 0.407 e. The Morgan fingerprint density at radius 3 is 2.72 bits per heavy atom. The summed E-state index contributed by atoms with van der Waals surface area (Å²) in [6, 6.07) is 10.2. The third-order valence-corrected chi connectivity index (χ3v) is 12.3. The number of carbonyl (C=O) groups excluding carboxylic acids is 1. The zero-order valence-electron chi connectivity index (χ0n) is 26.4. The fourth-order valence-corrected chi connectivity index (χ4v) is 9.76. The molecule has 3 unspecified atom stereocenters. The van der Waals surface area contributed by atoms with Crippen LogP contribution in [0, 0.1) is 29.5 Å². The molecule has 2 saturated carbocycles. The maximum atomic E-state index is 14.1. The lowest BCUT2D eigenvalue weighted by molar-refractivity contribution is -0.169. The second-order valence-corrected chi connectivity index (χ2v) is 16.6. The van der Waals surface area contributed by atoms with Crippen LogP contribution in [0.5, 0.6) is 0 Å². The van der Waals surface area contributed by atoms with E-state index in [4.69, 9.17) is 14.2 Å². The van der Waals surface area contributed by atoms with Gasteiger partial charge in [0.05, 0.1) is 40.5 Å². The van der Waals surface area contributed by atoms with E-state index in [2.05, 4.69) is 15.6 Å². The number of aliphatic hydroxyl groups is 1. The van der Waals surface area contributed by atoms with E-state index >= 15 is 0 Å². The topological polar surface area (TPSA) is 139 Å². The highest BCUT2D eigenvalue weighted by Crippen LogP contribution is 2.49. The van der Waals surface area contributed by atoms with E-state index in [0.717, 1.165) is 29.1 Å². The predicted octanol–water partition coefficient (Wildman–Crippen LogP) is 4.36. The minimum Gasteiger partial charge on any atom is -0.445 e. The van der Waals surface area contributed by atoms with Gasteiger partial charge in [-0.05, 0) is 67.5 Å². The number of rotatable bonds is 13. The van der Waals surface area contributed by atoms with E-state index in [0.29, 0.717) is 30.3 Å². The van der Waals surface area contributed by atoms with Gasteiger partial charge in [-0.25, -0.2) is 22.6 Å². The van der Waals surface area contributed by atoms with Crippen molar-refractivity contribution >= 4 is 42.8 Å². The monoisotopic (exact) mass is 688 g/mol. The van der Waals surface area contributed by atoms with Crippen molar-refractivity contribution in [2.24, 2.45) is 23.7 Å². The molecular formula is C33H41FN4O7S2. The van der Waals surface area contributed by atoms with Crippen LogP contribution in [0.4, 0.5) is 14.3 Å². The number of carbonyl (C=O) groups is 1. The van der Waals surface area contributed by atoms with Crippen molar-refractivity contribution in [2.45, 2.75) is 75.0 Å². The van der Waals surface area contributed by atoms with E-state index in [9.17, 15) is 22.7 Å². The second kappa shape index (κ2) is 13.2. The normalized spacial score (nSPS) is 26.6. The van der Waals surface area contributed by atoms with E-state index < -0.39 is 34.1 Å². The van der Waals surface area contributed by atoms with Crippen molar-refractivity contribution in [3.8, 4) is 0 Å². The quantitative estimate of drug-likeness (QED) is 0.239. The number of sulfonamides is 1. The van der Waals surface area contributed by atoms with Gasteiger partial charge in [0, 0.05) is 36.9 Å². The van der Waals surface area contributed by atoms with Crippen LogP contribution in [0.25, 0.3) is 10.2 Å². The smallest absolute Gasteiger partial charge is 0.407 e. The third-order valence-electron chi connectivity index (χ3n) is 9.51. The highest BCUT2D eigenvalue weighted by Gasteiger charge is 2.56. The van der Waals surface area contributed by atoms with Gasteiger partial charge in [-0.15, -0.1) is 0 Å². The van der Waals surface area contributed by atoms with Gasteiger partial charge in [0.25, 0.3) is 0 Å². The Kier molecular flexibility index (Phi) is 9.17. The number of amides is 1. The molecule has 7 atom stereocenters. The van der Waals surface area contributed by atoms with E-state index in [1.165, 1.54) is 33.8 Å². The van der Waals surface area contributed by atoms with Crippen LogP contribution in [0.2, 0.25) is 0 Å². The molecule has 3 N–H and O–H groups in total. The number of aliphatic hydroxyl groups excluding tert-OH is 1. The van der Waals surface area contributed by atoms with Gasteiger partial charge in [-0.3, -0.25) is 0 Å². The molecule has 2 aromatic carbocycles. The summed E-state index contributed by atoms with van der Waals surface area (Å²) in [5, 5.41) is 18.6. The molecule has 254 valence electrons. The molecule has 4 fully saturated rings. The zero-order valence-corrected chi connectivity index (χ0v) is 28.0. The van der Waals surface area contributed by atoms with Gasteiger partial charge in [-0.1, -0.05) is 37.3 Å². The largest absolute Gasteiger partial charge is 0.445 e. The number of ether oxygens (including phenoxy) is 3. The highest BCUT2D eigenvalue weighted by atomic mass is 32.2. The van der Waals surface area contributed by atoms with Gasteiger partial charge in [0.2, 0.25) is 10.0 Å². The zero-order chi connectivity index (χ0) is 32.9. The van der Waals surface area contributed by atoms with Gasteiger partial charge >= 0.3 is 6.09 Å². The van der Waals surface area contributed by atoms with Crippen molar-refractivity contribution in [3.63, 3.8) is 0 Å². The number of benzene rings is 2. The number of hydrogen-bond donors (Lipinski definition) is 3. The number of nitrogens with zero attached hydrogens (tertiary/aromatic N) is 2. The molecule has 0 radical (unpaired) electrons. The summed E-state index contributed by atoms with van der Waals surface area (Å²) in [6.07, 6.45) is 0.393. The molecule has 11 nitrogen and oxygen atoms in total. The van der Waals surface area contributed by atoms with Gasteiger partial charge in [-0.2, -0.15) is 4.31 Å². The Hall–Kier alpha value is -2.88. The van der Waals surface area contributed by atoms with Gasteiger partial charge in [0.15, 0.2) is 11.4 Å². The molecular weight excluding hydrogens is 648 g/mol. The minimum atomic E-state index is -4.06. The molecule has 3 aromatic rings. The maximum absolute atomic E-state index is 14.1. The molecule has 3 heterocycles. The molecule has 2 bridgehead atoms. The summed E-state index contributed by atoms with van der Waals surface area (Å²) in [7, 11) is -4.06. The first-order valence-corrected chi connectivity index (χ1v) is 18.6. The Bertz CT molecular complexity index is 1720. The second-order valence-electron chi connectivity index (χ2n) is 13.7. The lowest BCUT2D eigenvalue weighted by atomic mass is 9.98. The van der Waals surface area contributed by atoms with Gasteiger partial charge < -0.3 is 30.0 Å². The predicted molar refractivity (Wildman–Crippen MR) is 174 cm³/mol. The third kappa shape index (κ3) is 7.13. The standard InChI is InChI=1S/C33H41FN4O7S2/c1-18(2)14-38(47(41,42)23-8-9-26-29(13-23)46-32(36-26)35-22-6-7-22)15-28(39)27(11-19-4-3-5-21(34)10-19)37-33(40)45-30-20-12-24-25(30)17-44-31(24)43-16-20/h3-5,8-10,13,18,20,22,24-25,27-28,30-31,39H,6-7,11-12,14-17H2,1-2H3,(H,35,36)(H,37,40)/t20?,24?,25?,27-,28+,30-,31-/m0/s1. The molecule has 1 aromatic heterocycles. The first kappa shape index (κ1) is 32.7. The van der Waals surface area contributed by atoms with Crippen LogP contribution >= 0.6 is 11.3 Å². The van der Waals surface area contributed by atoms with Crippen molar-refractivity contribution in [1.29, 1.82) is 0 Å². The van der Waals surface area contributed by atoms with E-state index in [-0.39, 0.29) is 60.5 Å². The van der Waals surface area contributed by atoms with Crippen LogP contribution in [0.1, 0.15) is 38.7 Å². The van der Waals surface area contributed by atoms with Crippen molar-refractivity contribution in [3.05, 3.63) is 53.8 Å². The Morgan fingerprint density at radius 1 is 1.15 bits per heavy atom. The van der Waals surface area contributed by atoms with E-state index in [1.807, 2.05) is 13.8 Å². The summed E-state index contributed by atoms with van der Waals surface area (Å²) in [4.78, 5) is 18.1. The Morgan fingerprint density at radius 2 is 1.96 bits per heavy atom. The Balaban J connectivity index is 1.10. The number of anilines is 1. The number of alkyl carbamates (subject to hydrolysis) is 1. The molecule has 2 aliphatic carbocycles. The molecule has 4 aliphatic rings. The highest BCUT2D eigenvalue weighted by molar-refractivity contribution is 7.89. The number of fused-ring (bicyclic) bond motifs is 2. The molecule has 2 saturated heterocycles. The van der Waals surface area contributed by atoms with Crippen molar-refractivity contribution in [1.82, 2.24) is 14.6 Å². The number of thiazole rings is 1. The number of nitrogens with one attached hydrogen (secondary N) is 2. The van der Waals surface area contributed by atoms with Gasteiger partial charge in [0.1, 0.15) is 11.9 Å². The summed E-state index contributed by atoms with van der Waals surface area (Å²) in [5.41, 5.74) is 1.25. The van der Waals surface area contributed by atoms with Crippen LogP contribution in [-0.2, 0) is 30.7 Å². The number of hydrogen-bond acceptors (Lipinski definition) is 10. The number of aromatic nitrogens is 1. The van der Waals surface area contributed by atoms with Crippen LogP contribution in [0.3, 0.4) is 0 Å². The van der Waals surface area contributed by atoms with Crippen LogP contribution < -0.4 is 10.6 Å². The average molecular weight is 689 g/mol. The molecule has 1 amide bonds. The fraction of sp³-hybridized carbons (Fsp3) is 0.576. The summed E-state index contributed by atoms with van der Waals surface area (Å²) in [6.45, 7) is 4.53. The average Bonchev–Trinajstić information content (AvgIpc) is 3.48. The van der Waals surface area contributed by atoms with Crippen LogP contribution in [0.15, 0.2) is 47.4 Å². The SMILES string of the molecule is CC(C)CN(C[C@@H](O)[C@H](Cc1cccc(F)c1)NC(=O)O[C@H]1C2CO[C@H]3OCC1C3C2)S(=O)(=O)c1ccc2nc(NC3CC3)sc2c1. The minimum absolute atomic E-state index is 0.0352. The molecule has 2 aliphatic heterocycles. The molecule has 7 rings (SSSR count). The summed E-state index contributed by atoms with van der Waals surface area (Å²) < 4.78 is 61.8. The van der Waals surface area contributed by atoms with Crippen molar-refractivity contribution < 1.29 is 36.9 Å². The molecule has 47 heavy (non-hydrogen) atoms. The van der Waals surface area contributed by atoms with Crippen molar-refractivity contribution in [2.75, 3.05) is 31.6 Å². The fourth-order valence-electron chi connectivity index (χ4n) is 7.05. The first-order valence-electron chi connectivity index (χ1n) is 16.3.